The summed E-state index contributed by atoms with van der Waals surface area (Å²) in [5.41, 5.74) is 0.163. The number of ether oxygens (including phenoxy) is 2. The van der Waals surface area contributed by atoms with Crippen LogP contribution in [0.5, 0.6) is 5.75 Å². The Balaban J connectivity index is 1.48. The highest BCUT2D eigenvalue weighted by Gasteiger charge is 2.55. The van der Waals surface area contributed by atoms with Gasteiger partial charge in [-0.25, -0.2) is 13.6 Å². The molecule has 1 amide bonds. The van der Waals surface area contributed by atoms with Crippen LogP contribution in [0.2, 0.25) is 0 Å². The molecule has 0 saturated carbocycles. The number of nitrogens with zero attached hydrogens (tertiary/aromatic N) is 2. The Morgan fingerprint density at radius 3 is 2.25 bits per heavy atom. The van der Waals surface area contributed by atoms with E-state index in [9.17, 15) is 31.5 Å². The van der Waals surface area contributed by atoms with Crippen LogP contribution in [0.1, 0.15) is 44.2 Å². The molecule has 6 nitrogen and oxygen atoms in total. The van der Waals surface area contributed by atoms with E-state index in [0.29, 0.717) is 57.5 Å². The van der Waals surface area contributed by atoms with Crippen molar-refractivity contribution in [3.8, 4) is 5.75 Å². The van der Waals surface area contributed by atoms with Crippen LogP contribution in [-0.4, -0.2) is 60.3 Å². The average Bonchev–Trinajstić information content (AvgIpc) is 3.21. The maximum absolute atomic E-state index is 13.6. The first-order chi connectivity index (χ1) is 18.9. The molecule has 0 aromatic heterocycles. The number of hydrogen-bond acceptors (Lipinski definition) is 5. The summed E-state index contributed by atoms with van der Waals surface area (Å²) < 4.78 is 77.8. The summed E-state index contributed by atoms with van der Waals surface area (Å²) in [5, 5.41) is 0. The molecule has 1 unspecified atom stereocenters. The van der Waals surface area contributed by atoms with Crippen LogP contribution in [0, 0.1) is 23.0 Å². The van der Waals surface area contributed by atoms with Gasteiger partial charge in [-0.1, -0.05) is 32.0 Å². The first-order valence-corrected chi connectivity index (χ1v) is 13.3. The van der Waals surface area contributed by atoms with Gasteiger partial charge in [0.2, 0.25) is 5.91 Å². The number of benzene rings is 2. The van der Waals surface area contributed by atoms with Crippen LogP contribution in [0.15, 0.2) is 42.5 Å². The molecule has 2 saturated heterocycles. The summed E-state index contributed by atoms with van der Waals surface area (Å²) in [7, 11) is 0. The second-order valence-corrected chi connectivity index (χ2v) is 11.0. The van der Waals surface area contributed by atoms with E-state index in [2.05, 4.69) is 18.7 Å². The second kappa shape index (κ2) is 12.1. The molecule has 0 aliphatic carbocycles. The highest BCUT2D eigenvalue weighted by molar-refractivity contribution is 5.80. The average molecular weight is 569 g/mol. The largest absolute Gasteiger partial charge is 0.493 e. The van der Waals surface area contributed by atoms with Gasteiger partial charge in [0.1, 0.15) is 17.4 Å². The molecular formula is C29H33F5N2O4. The first kappa shape index (κ1) is 29.8. The lowest BCUT2D eigenvalue weighted by atomic mass is 9.76. The van der Waals surface area contributed by atoms with E-state index in [0.717, 1.165) is 28.3 Å². The first-order valence-electron chi connectivity index (χ1n) is 13.3. The molecule has 2 aliphatic rings. The number of para-hydroxylation sites is 1. The summed E-state index contributed by atoms with van der Waals surface area (Å²) in [6.45, 7) is 6.34. The number of halogens is 5. The number of likely N-dealkylation sites (tertiary alicyclic amines) is 2. The monoisotopic (exact) mass is 568 g/mol. The smallest absolute Gasteiger partial charge is 0.491 e. The molecule has 1 spiro atoms. The zero-order valence-electron chi connectivity index (χ0n) is 22.5. The van der Waals surface area contributed by atoms with Gasteiger partial charge >= 0.3 is 12.1 Å². The third kappa shape index (κ3) is 7.10. The van der Waals surface area contributed by atoms with E-state index >= 15 is 0 Å². The highest BCUT2D eigenvalue weighted by Crippen LogP contribution is 2.47. The van der Waals surface area contributed by atoms with Crippen LogP contribution in [0.3, 0.4) is 0 Å². The van der Waals surface area contributed by atoms with E-state index in [-0.39, 0.29) is 12.1 Å². The van der Waals surface area contributed by atoms with Crippen LogP contribution in [-0.2, 0) is 27.3 Å². The molecule has 11 heteroatoms. The van der Waals surface area contributed by atoms with Crippen molar-refractivity contribution in [1.29, 1.82) is 0 Å². The maximum atomic E-state index is 13.6. The van der Waals surface area contributed by atoms with Crippen molar-refractivity contribution in [2.24, 2.45) is 11.3 Å². The molecule has 218 valence electrons. The highest BCUT2D eigenvalue weighted by atomic mass is 19.4. The number of rotatable bonds is 8. The minimum Gasteiger partial charge on any atom is -0.493 e. The van der Waals surface area contributed by atoms with Crippen molar-refractivity contribution in [1.82, 2.24) is 9.80 Å². The Kier molecular flexibility index (Phi) is 9.02. The fraction of sp³-hybridized carbons (Fsp3) is 0.517. The summed E-state index contributed by atoms with van der Waals surface area (Å²) in [6.07, 6.45) is -5.97. The zero-order chi connectivity index (χ0) is 29.1. The van der Waals surface area contributed by atoms with E-state index < -0.39 is 47.8 Å². The van der Waals surface area contributed by atoms with Crippen molar-refractivity contribution in [2.45, 2.75) is 58.5 Å². The molecule has 40 heavy (non-hydrogen) atoms. The van der Waals surface area contributed by atoms with E-state index in [1.165, 1.54) is 0 Å². The number of piperidine rings is 1. The van der Waals surface area contributed by atoms with Crippen molar-refractivity contribution in [2.75, 3.05) is 26.2 Å². The normalized spacial score (nSPS) is 19.3. The number of hydrogen-bond donors (Lipinski definition) is 0. The van der Waals surface area contributed by atoms with Crippen LogP contribution in [0.25, 0.3) is 0 Å². The fourth-order valence-corrected chi connectivity index (χ4v) is 5.44. The third-order valence-corrected chi connectivity index (χ3v) is 7.50. The van der Waals surface area contributed by atoms with Gasteiger partial charge in [0, 0.05) is 30.1 Å². The van der Waals surface area contributed by atoms with Gasteiger partial charge in [0.25, 0.3) is 0 Å². The van der Waals surface area contributed by atoms with Crippen molar-refractivity contribution >= 4 is 11.9 Å². The van der Waals surface area contributed by atoms with E-state index in [1.807, 2.05) is 24.3 Å². The van der Waals surface area contributed by atoms with Gasteiger partial charge < -0.3 is 14.4 Å². The Morgan fingerprint density at radius 2 is 1.62 bits per heavy atom. The third-order valence-electron chi connectivity index (χ3n) is 7.50. The molecule has 0 N–H and O–H groups in total. The minimum absolute atomic E-state index is 0.0394. The second-order valence-electron chi connectivity index (χ2n) is 11.0. The quantitative estimate of drug-likeness (QED) is 0.312. The number of carbonyl (C=O) groups is 2. The molecule has 2 aliphatic heterocycles. The van der Waals surface area contributed by atoms with Gasteiger partial charge in [0.05, 0.1) is 13.0 Å². The lowest BCUT2D eigenvalue weighted by Gasteiger charge is -2.43. The van der Waals surface area contributed by atoms with Crippen LogP contribution >= 0.6 is 0 Å². The summed E-state index contributed by atoms with van der Waals surface area (Å²) in [6, 6.07) is 10.3. The van der Waals surface area contributed by atoms with Gasteiger partial charge in [-0.05, 0) is 62.0 Å². The number of alkyl halides is 3. The van der Waals surface area contributed by atoms with Gasteiger partial charge in [-0.3, -0.25) is 9.69 Å². The summed E-state index contributed by atoms with van der Waals surface area (Å²) >= 11 is 0. The van der Waals surface area contributed by atoms with Gasteiger partial charge in [-0.2, -0.15) is 13.2 Å². The topological polar surface area (TPSA) is 59.1 Å². The Hall–Kier alpha value is -3.21. The number of carbonyl (C=O) groups excluding carboxylic acids is 2. The zero-order valence-corrected chi connectivity index (χ0v) is 22.5. The molecule has 4 rings (SSSR count). The van der Waals surface area contributed by atoms with E-state index in [4.69, 9.17) is 9.47 Å². The molecule has 2 aromatic rings. The Labute approximate surface area is 230 Å². The Morgan fingerprint density at radius 1 is 1.00 bits per heavy atom. The van der Waals surface area contributed by atoms with Crippen molar-refractivity contribution in [3.05, 3.63) is 65.2 Å². The molecular weight excluding hydrogens is 535 g/mol. The van der Waals surface area contributed by atoms with Crippen LogP contribution in [0.4, 0.5) is 22.0 Å². The standard InChI is InChI=1S/C29H33F5N2O4/c1-19(2)18-39-24-6-4-3-5-21(24)17-35-10-7-28(8-11-35)9-12-36(26(28)40-27(38)29(32,33)34)25(37)15-20-13-22(30)16-23(31)14-20/h3-6,13-14,16,19,26H,7-12,15,17-18H2,1-2H3. The van der Waals surface area contributed by atoms with Gasteiger partial charge in [0.15, 0.2) is 6.23 Å². The lowest BCUT2D eigenvalue weighted by molar-refractivity contribution is -0.219. The fourth-order valence-electron chi connectivity index (χ4n) is 5.44. The van der Waals surface area contributed by atoms with Gasteiger partial charge in [-0.15, -0.1) is 0 Å². The predicted molar refractivity (Wildman–Crippen MR) is 136 cm³/mol. The molecule has 2 aromatic carbocycles. The van der Waals surface area contributed by atoms with Crippen LogP contribution < -0.4 is 4.74 Å². The number of amides is 1. The van der Waals surface area contributed by atoms with Crippen molar-refractivity contribution < 1.29 is 41.0 Å². The van der Waals surface area contributed by atoms with E-state index in [1.54, 1.807) is 0 Å². The molecule has 2 heterocycles. The molecule has 0 bridgehead atoms. The number of esters is 1. The Bertz CT molecular complexity index is 1190. The molecule has 2 fully saturated rings. The predicted octanol–water partition coefficient (Wildman–Crippen LogP) is 5.49. The summed E-state index contributed by atoms with van der Waals surface area (Å²) in [5.74, 6) is -3.65. The summed E-state index contributed by atoms with van der Waals surface area (Å²) in [4.78, 5) is 28.3. The van der Waals surface area contributed by atoms with Crippen molar-refractivity contribution in [3.63, 3.8) is 0 Å². The molecule has 0 radical (unpaired) electrons. The minimum atomic E-state index is -5.23. The maximum Gasteiger partial charge on any atom is 0.491 e. The SMILES string of the molecule is CC(C)COc1ccccc1CN1CCC2(CC1)CCN(C(=O)Cc1cc(F)cc(F)c1)C2OC(=O)C(F)(F)F. The molecule has 1 atom stereocenters. The lowest BCUT2D eigenvalue weighted by Crippen LogP contribution is -2.51.